The van der Waals surface area contributed by atoms with Crippen molar-refractivity contribution < 1.29 is 14.7 Å². The van der Waals surface area contributed by atoms with Gasteiger partial charge >= 0.3 is 5.97 Å². The summed E-state index contributed by atoms with van der Waals surface area (Å²) in [5, 5.41) is 14.0. The van der Waals surface area contributed by atoms with Crippen LogP contribution >= 0.6 is 0 Å². The fourth-order valence-corrected chi connectivity index (χ4v) is 0.907. The topological polar surface area (TPSA) is 78.4 Å². The van der Waals surface area contributed by atoms with Crippen LogP contribution in [0.3, 0.4) is 0 Å². The fourth-order valence-electron chi connectivity index (χ4n) is 0.907. The summed E-state index contributed by atoms with van der Waals surface area (Å²) in [6.07, 6.45) is 4.09. The number of carbonyl (C=O) groups is 2. The minimum Gasteiger partial charge on any atom is -0.478 e. The first-order valence-electron chi connectivity index (χ1n) is 5.06. The summed E-state index contributed by atoms with van der Waals surface area (Å²) < 4.78 is 0. The molecular formula is C10H18N2O3. The van der Waals surface area contributed by atoms with Gasteiger partial charge in [0.1, 0.15) is 0 Å². The summed E-state index contributed by atoms with van der Waals surface area (Å²) in [4.78, 5) is 21.0. The van der Waals surface area contributed by atoms with Crippen LogP contribution in [-0.2, 0) is 9.59 Å². The molecule has 0 bridgehead atoms. The number of unbranched alkanes of at least 4 members (excludes halogenated alkanes) is 1. The van der Waals surface area contributed by atoms with Crippen molar-refractivity contribution in [3.63, 3.8) is 0 Å². The second kappa shape index (κ2) is 9.21. The fraction of sp³-hybridized carbons (Fsp3) is 0.600. The molecule has 0 atom stereocenters. The van der Waals surface area contributed by atoms with Crippen LogP contribution in [0.25, 0.3) is 0 Å². The molecule has 0 radical (unpaired) electrons. The van der Waals surface area contributed by atoms with Crippen LogP contribution in [0.4, 0.5) is 0 Å². The number of nitrogens with one attached hydrogen (secondary N) is 2. The molecule has 1 amide bonds. The van der Waals surface area contributed by atoms with Gasteiger partial charge in [-0.05, 0) is 13.0 Å². The number of amides is 1. The smallest absolute Gasteiger partial charge is 0.328 e. The van der Waals surface area contributed by atoms with E-state index in [-0.39, 0.29) is 5.91 Å². The zero-order valence-corrected chi connectivity index (χ0v) is 8.95. The van der Waals surface area contributed by atoms with Crippen LogP contribution in [0, 0.1) is 0 Å². The summed E-state index contributed by atoms with van der Waals surface area (Å²) in [5.74, 6) is -1.50. The first kappa shape index (κ1) is 13.6. The summed E-state index contributed by atoms with van der Waals surface area (Å²) in [6, 6.07) is 0. The summed E-state index contributed by atoms with van der Waals surface area (Å²) in [6.45, 7) is 4.26. The Labute approximate surface area is 89.6 Å². The van der Waals surface area contributed by atoms with Crippen molar-refractivity contribution in [2.24, 2.45) is 0 Å². The predicted octanol–water partition coefficient (Wildman–Crippen LogP) is 0.133. The predicted molar refractivity (Wildman–Crippen MR) is 57.6 cm³/mol. The molecule has 0 aromatic carbocycles. The second-order valence-electron chi connectivity index (χ2n) is 3.07. The highest BCUT2D eigenvalue weighted by Crippen LogP contribution is 1.81. The van der Waals surface area contributed by atoms with Crippen molar-refractivity contribution in [3.8, 4) is 0 Å². The number of rotatable bonds is 8. The number of carboxylic acids is 1. The lowest BCUT2D eigenvalue weighted by atomic mass is 10.3. The van der Waals surface area contributed by atoms with E-state index in [0.29, 0.717) is 13.1 Å². The van der Waals surface area contributed by atoms with E-state index in [1.807, 2.05) is 0 Å². The monoisotopic (exact) mass is 214 g/mol. The molecule has 0 heterocycles. The quantitative estimate of drug-likeness (QED) is 0.396. The highest BCUT2D eigenvalue weighted by molar-refractivity contribution is 5.93. The molecule has 15 heavy (non-hydrogen) atoms. The Morgan fingerprint density at radius 1 is 1.20 bits per heavy atom. The van der Waals surface area contributed by atoms with Gasteiger partial charge in [-0.25, -0.2) is 4.79 Å². The minimum atomic E-state index is -1.12. The Morgan fingerprint density at radius 3 is 2.53 bits per heavy atom. The Balaban J connectivity index is 3.35. The van der Waals surface area contributed by atoms with Crippen molar-refractivity contribution in [1.82, 2.24) is 10.6 Å². The Morgan fingerprint density at radius 2 is 1.93 bits per heavy atom. The molecule has 5 heteroatoms. The molecule has 0 rings (SSSR count). The molecule has 86 valence electrons. The standard InChI is InChI=1S/C10H18N2O3/c1-2-3-6-11-7-8-12-9(13)4-5-10(14)15/h4-5,11H,2-3,6-8H2,1H3,(H,12,13)(H,14,15)/b5-4+. The van der Waals surface area contributed by atoms with Gasteiger partial charge in [0.15, 0.2) is 0 Å². The van der Waals surface area contributed by atoms with Crippen molar-refractivity contribution in [1.29, 1.82) is 0 Å². The maximum Gasteiger partial charge on any atom is 0.328 e. The van der Waals surface area contributed by atoms with Gasteiger partial charge in [-0.15, -0.1) is 0 Å². The average Bonchev–Trinajstić information content (AvgIpc) is 2.20. The van der Waals surface area contributed by atoms with Crippen LogP contribution in [0.1, 0.15) is 19.8 Å². The van der Waals surface area contributed by atoms with E-state index < -0.39 is 5.97 Å². The lowest BCUT2D eigenvalue weighted by Gasteiger charge is -2.03. The van der Waals surface area contributed by atoms with E-state index in [4.69, 9.17) is 5.11 Å². The first-order chi connectivity index (χ1) is 7.16. The third-order valence-corrected chi connectivity index (χ3v) is 1.69. The molecule has 0 unspecified atom stereocenters. The molecule has 0 aromatic heterocycles. The molecule has 0 aromatic rings. The SMILES string of the molecule is CCCCNCCNC(=O)/C=C/C(=O)O. The normalized spacial score (nSPS) is 10.5. The van der Waals surface area contributed by atoms with Gasteiger partial charge in [-0.2, -0.15) is 0 Å². The lowest BCUT2D eigenvalue weighted by molar-refractivity contribution is -0.131. The Hall–Kier alpha value is -1.36. The minimum absolute atomic E-state index is 0.380. The van der Waals surface area contributed by atoms with Gasteiger partial charge in [0, 0.05) is 25.2 Å². The van der Waals surface area contributed by atoms with Crippen molar-refractivity contribution in [2.45, 2.75) is 19.8 Å². The molecular weight excluding hydrogens is 196 g/mol. The first-order valence-corrected chi connectivity index (χ1v) is 5.06. The third-order valence-electron chi connectivity index (χ3n) is 1.69. The molecule has 0 saturated carbocycles. The molecule has 0 fully saturated rings. The van der Waals surface area contributed by atoms with E-state index in [9.17, 15) is 9.59 Å². The van der Waals surface area contributed by atoms with Crippen LogP contribution < -0.4 is 10.6 Å². The van der Waals surface area contributed by atoms with Gasteiger partial charge in [0.2, 0.25) is 5.91 Å². The van der Waals surface area contributed by atoms with Crippen LogP contribution in [0.2, 0.25) is 0 Å². The molecule has 0 spiro atoms. The van der Waals surface area contributed by atoms with Gasteiger partial charge < -0.3 is 15.7 Å². The van der Waals surface area contributed by atoms with Crippen LogP contribution in [0.5, 0.6) is 0 Å². The Kier molecular flexibility index (Phi) is 8.37. The average molecular weight is 214 g/mol. The molecule has 0 saturated heterocycles. The zero-order chi connectivity index (χ0) is 11.5. The van der Waals surface area contributed by atoms with E-state index >= 15 is 0 Å². The zero-order valence-electron chi connectivity index (χ0n) is 8.95. The summed E-state index contributed by atoms with van der Waals surface area (Å²) >= 11 is 0. The van der Waals surface area contributed by atoms with Crippen molar-refractivity contribution >= 4 is 11.9 Å². The maximum atomic E-state index is 10.9. The molecule has 0 aliphatic carbocycles. The van der Waals surface area contributed by atoms with Gasteiger partial charge in [0.25, 0.3) is 0 Å². The number of hydrogen-bond donors (Lipinski definition) is 3. The van der Waals surface area contributed by atoms with Gasteiger partial charge in [0.05, 0.1) is 0 Å². The second-order valence-corrected chi connectivity index (χ2v) is 3.07. The summed E-state index contributed by atoms with van der Waals surface area (Å²) in [5.41, 5.74) is 0. The number of carbonyl (C=O) groups excluding carboxylic acids is 1. The molecule has 0 aliphatic rings. The lowest BCUT2D eigenvalue weighted by Crippen LogP contribution is -2.31. The van der Waals surface area contributed by atoms with Crippen LogP contribution in [0.15, 0.2) is 12.2 Å². The molecule has 0 aliphatic heterocycles. The van der Waals surface area contributed by atoms with Crippen molar-refractivity contribution in [3.05, 3.63) is 12.2 Å². The van der Waals surface area contributed by atoms with E-state index in [2.05, 4.69) is 17.6 Å². The summed E-state index contributed by atoms with van der Waals surface area (Å²) in [7, 11) is 0. The Bertz CT molecular complexity index is 227. The number of aliphatic carboxylic acids is 1. The van der Waals surface area contributed by atoms with E-state index in [1.54, 1.807) is 0 Å². The third kappa shape index (κ3) is 10.6. The highest BCUT2D eigenvalue weighted by Gasteiger charge is 1.95. The van der Waals surface area contributed by atoms with Gasteiger partial charge in [-0.1, -0.05) is 13.3 Å². The van der Waals surface area contributed by atoms with E-state index in [1.165, 1.54) is 0 Å². The van der Waals surface area contributed by atoms with E-state index in [0.717, 1.165) is 31.5 Å². The number of hydrogen-bond acceptors (Lipinski definition) is 3. The molecule has 5 nitrogen and oxygen atoms in total. The maximum absolute atomic E-state index is 10.9. The van der Waals surface area contributed by atoms with Crippen molar-refractivity contribution in [2.75, 3.05) is 19.6 Å². The van der Waals surface area contributed by atoms with Crippen LogP contribution in [-0.4, -0.2) is 36.6 Å². The highest BCUT2D eigenvalue weighted by atomic mass is 16.4. The number of carboxylic acid groups (broad SMARTS) is 1. The largest absolute Gasteiger partial charge is 0.478 e. The molecule has 3 N–H and O–H groups in total. The van der Waals surface area contributed by atoms with Gasteiger partial charge in [-0.3, -0.25) is 4.79 Å².